The fourth-order valence-electron chi connectivity index (χ4n) is 2.42. The smallest absolute Gasteiger partial charge is 0.255 e. The summed E-state index contributed by atoms with van der Waals surface area (Å²) in [5, 5.41) is 0.802. The third kappa shape index (κ3) is 3.68. The van der Waals surface area contributed by atoms with Crippen LogP contribution in [0.1, 0.15) is 36.0 Å². The molecule has 1 heterocycles. The Balaban J connectivity index is 2.25. The maximum atomic E-state index is 13.1. The molecule has 0 bridgehead atoms. The summed E-state index contributed by atoms with van der Waals surface area (Å²) in [6.07, 6.45) is 4.43. The van der Waals surface area contributed by atoms with Crippen LogP contribution in [0.2, 0.25) is 0 Å². The number of likely N-dealkylation sites (tertiary alicyclic amines) is 1. The normalized spacial score (nSPS) is 20.2. The number of benzene rings is 1. The number of hydrogen-bond acceptors (Lipinski definition) is 1. The fourth-order valence-corrected chi connectivity index (χ4v) is 3.80. The van der Waals surface area contributed by atoms with Crippen molar-refractivity contribution < 1.29 is 9.18 Å². The van der Waals surface area contributed by atoms with Gasteiger partial charge in [0.2, 0.25) is 0 Å². The zero-order chi connectivity index (χ0) is 13.8. The highest BCUT2D eigenvalue weighted by atomic mass is 127. The molecule has 1 amide bonds. The molecule has 5 heteroatoms. The lowest BCUT2D eigenvalue weighted by Gasteiger charge is -2.29. The van der Waals surface area contributed by atoms with E-state index in [-0.39, 0.29) is 17.8 Å². The van der Waals surface area contributed by atoms with E-state index in [4.69, 9.17) is 0 Å². The van der Waals surface area contributed by atoms with Crippen LogP contribution in [0.4, 0.5) is 4.39 Å². The van der Waals surface area contributed by atoms with E-state index in [2.05, 4.69) is 15.9 Å². The first-order valence-electron chi connectivity index (χ1n) is 6.45. The van der Waals surface area contributed by atoms with Crippen molar-refractivity contribution in [2.24, 2.45) is 0 Å². The monoisotopic (exact) mass is 439 g/mol. The van der Waals surface area contributed by atoms with Crippen molar-refractivity contribution in [3.63, 3.8) is 0 Å². The van der Waals surface area contributed by atoms with Crippen LogP contribution in [0, 0.1) is 9.39 Å². The summed E-state index contributed by atoms with van der Waals surface area (Å²) in [6, 6.07) is 4.61. The summed E-state index contributed by atoms with van der Waals surface area (Å²) in [5.74, 6) is -0.274. The molecule has 1 atom stereocenters. The van der Waals surface area contributed by atoms with Gasteiger partial charge in [-0.1, -0.05) is 28.8 Å². The largest absolute Gasteiger partial charge is 0.335 e. The summed E-state index contributed by atoms with van der Waals surface area (Å²) in [7, 11) is 0. The van der Waals surface area contributed by atoms with Gasteiger partial charge < -0.3 is 4.90 Å². The summed E-state index contributed by atoms with van der Waals surface area (Å²) in [4.78, 5) is 14.6. The molecular weight excluding hydrogens is 424 g/mol. The number of amides is 1. The summed E-state index contributed by atoms with van der Waals surface area (Å²) in [5.41, 5.74) is 0.606. The minimum Gasteiger partial charge on any atom is -0.335 e. The quantitative estimate of drug-likeness (QED) is 0.499. The second kappa shape index (κ2) is 7.02. The summed E-state index contributed by atoms with van der Waals surface area (Å²) >= 11 is 5.53. The predicted molar refractivity (Wildman–Crippen MR) is 86.2 cm³/mol. The molecule has 2 nitrogen and oxygen atoms in total. The first kappa shape index (κ1) is 15.2. The molecule has 1 saturated heterocycles. The van der Waals surface area contributed by atoms with Crippen molar-refractivity contribution in [1.29, 1.82) is 0 Å². The lowest BCUT2D eigenvalue weighted by molar-refractivity contribution is 0.0701. The Morgan fingerprint density at radius 2 is 2.21 bits per heavy atom. The van der Waals surface area contributed by atoms with Crippen molar-refractivity contribution in [3.05, 3.63) is 33.1 Å². The van der Waals surface area contributed by atoms with Gasteiger partial charge in [0.25, 0.3) is 5.91 Å². The van der Waals surface area contributed by atoms with Crippen LogP contribution in [0.15, 0.2) is 18.2 Å². The summed E-state index contributed by atoms with van der Waals surface area (Å²) in [6.45, 7) is 0.794. The molecule has 19 heavy (non-hydrogen) atoms. The van der Waals surface area contributed by atoms with Crippen LogP contribution in [-0.2, 0) is 0 Å². The second-order valence-electron chi connectivity index (χ2n) is 4.78. The van der Waals surface area contributed by atoms with Crippen molar-refractivity contribution in [2.45, 2.75) is 31.7 Å². The molecule has 104 valence electrons. The topological polar surface area (TPSA) is 20.3 Å². The second-order valence-corrected chi connectivity index (χ2v) is 6.59. The van der Waals surface area contributed by atoms with Crippen LogP contribution in [0.3, 0.4) is 0 Å². The van der Waals surface area contributed by atoms with E-state index in [1.165, 1.54) is 25.0 Å². The van der Waals surface area contributed by atoms with Gasteiger partial charge in [-0.15, -0.1) is 0 Å². The first-order chi connectivity index (χ1) is 9.13. The van der Waals surface area contributed by atoms with E-state index < -0.39 is 0 Å². The molecule has 1 unspecified atom stereocenters. The molecule has 0 N–H and O–H groups in total. The van der Waals surface area contributed by atoms with Crippen molar-refractivity contribution in [3.8, 4) is 0 Å². The number of hydrogen-bond donors (Lipinski definition) is 0. The number of carbonyl (C=O) groups excluding carboxylic acids is 1. The van der Waals surface area contributed by atoms with E-state index in [0.29, 0.717) is 9.13 Å². The molecular formula is C14H16BrFINO. The van der Waals surface area contributed by atoms with Crippen LogP contribution < -0.4 is 0 Å². The van der Waals surface area contributed by atoms with E-state index >= 15 is 0 Å². The Labute approximate surface area is 135 Å². The molecule has 1 fully saturated rings. The van der Waals surface area contributed by atoms with Crippen LogP contribution in [-0.4, -0.2) is 28.7 Å². The minimum atomic E-state index is -0.297. The zero-order valence-corrected chi connectivity index (χ0v) is 14.3. The molecule has 2 rings (SSSR count). The van der Waals surface area contributed by atoms with Gasteiger partial charge in [-0.3, -0.25) is 4.79 Å². The summed E-state index contributed by atoms with van der Waals surface area (Å²) < 4.78 is 13.8. The van der Waals surface area contributed by atoms with E-state index in [1.54, 1.807) is 6.07 Å². The van der Waals surface area contributed by atoms with Gasteiger partial charge in [0.05, 0.1) is 5.56 Å². The highest BCUT2D eigenvalue weighted by Crippen LogP contribution is 2.23. The van der Waals surface area contributed by atoms with Gasteiger partial charge in [-0.25, -0.2) is 4.39 Å². The average Bonchev–Trinajstić information content (AvgIpc) is 2.63. The van der Waals surface area contributed by atoms with Gasteiger partial charge in [0.15, 0.2) is 0 Å². The van der Waals surface area contributed by atoms with Crippen LogP contribution in [0.5, 0.6) is 0 Å². The Hall–Kier alpha value is -0.170. The molecule has 0 saturated carbocycles. The maximum Gasteiger partial charge on any atom is 0.255 e. The molecule has 0 spiro atoms. The van der Waals surface area contributed by atoms with Gasteiger partial charge in [-0.05, 0) is 53.6 Å². The highest BCUT2D eigenvalue weighted by molar-refractivity contribution is 14.1. The Bertz CT molecular complexity index is 469. The van der Waals surface area contributed by atoms with E-state index in [9.17, 15) is 9.18 Å². The van der Waals surface area contributed by atoms with Gasteiger partial charge in [-0.2, -0.15) is 0 Å². The predicted octanol–water partition coefficient (Wildman–Crippen LogP) is 4.21. The van der Waals surface area contributed by atoms with E-state index in [1.807, 2.05) is 27.5 Å². The Morgan fingerprint density at radius 3 is 2.89 bits per heavy atom. The standard InChI is InChI=1S/C14H16BrFINO/c15-9-11-4-2-1-3-7-18(11)14(19)12-6-5-10(16)8-13(12)17/h5-6,8,11H,1-4,7,9H2. The number of alkyl halides is 1. The minimum absolute atomic E-state index is 0.0238. The Morgan fingerprint density at radius 1 is 1.42 bits per heavy atom. The first-order valence-corrected chi connectivity index (χ1v) is 8.65. The lowest BCUT2D eigenvalue weighted by atomic mass is 10.1. The lowest BCUT2D eigenvalue weighted by Crippen LogP contribution is -2.41. The molecule has 0 radical (unpaired) electrons. The molecule has 1 aliphatic rings. The molecule has 1 aromatic carbocycles. The van der Waals surface area contributed by atoms with E-state index in [0.717, 1.165) is 24.7 Å². The molecule has 1 aliphatic heterocycles. The molecule has 0 aromatic heterocycles. The number of nitrogens with zero attached hydrogens (tertiary/aromatic N) is 1. The molecule has 0 aliphatic carbocycles. The van der Waals surface area contributed by atoms with Gasteiger partial charge in [0.1, 0.15) is 5.82 Å². The number of halogens is 3. The highest BCUT2D eigenvalue weighted by Gasteiger charge is 2.26. The van der Waals surface area contributed by atoms with Crippen molar-refractivity contribution in [2.75, 3.05) is 11.9 Å². The van der Waals surface area contributed by atoms with Gasteiger partial charge >= 0.3 is 0 Å². The third-order valence-electron chi connectivity index (χ3n) is 3.48. The van der Waals surface area contributed by atoms with Crippen LogP contribution >= 0.6 is 38.5 Å². The van der Waals surface area contributed by atoms with Crippen molar-refractivity contribution in [1.82, 2.24) is 4.90 Å². The molecule has 1 aromatic rings. The number of carbonyl (C=O) groups is 1. The van der Waals surface area contributed by atoms with Crippen molar-refractivity contribution >= 4 is 44.4 Å². The SMILES string of the molecule is O=C(c1ccc(F)cc1I)N1CCCCCC1CBr. The fraction of sp³-hybridized carbons (Fsp3) is 0.500. The third-order valence-corrected chi connectivity index (χ3v) is 5.12. The number of rotatable bonds is 2. The zero-order valence-electron chi connectivity index (χ0n) is 10.5. The van der Waals surface area contributed by atoms with Gasteiger partial charge in [0, 0.05) is 21.5 Å². The van der Waals surface area contributed by atoms with Crippen LogP contribution in [0.25, 0.3) is 0 Å². The Kier molecular flexibility index (Phi) is 5.62. The maximum absolute atomic E-state index is 13.1. The average molecular weight is 440 g/mol.